The number of nitro benzene ring substituents is 2. The van der Waals surface area contributed by atoms with Crippen molar-refractivity contribution in [1.29, 1.82) is 0 Å². The fourth-order valence-corrected chi connectivity index (χ4v) is 3.47. The second kappa shape index (κ2) is 6.53. The van der Waals surface area contributed by atoms with E-state index in [0.29, 0.717) is 5.56 Å². The first-order valence-electron chi connectivity index (χ1n) is 8.09. The van der Waals surface area contributed by atoms with E-state index < -0.39 is 38.1 Å². The molecule has 0 fully saturated rings. The normalized spacial score (nSPS) is 15.3. The molecule has 0 spiro atoms. The van der Waals surface area contributed by atoms with Crippen molar-refractivity contribution in [3.05, 3.63) is 90.0 Å². The highest BCUT2D eigenvalue weighted by Crippen LogP contribution is 2.41. The number of nitrogens with one attached hydrogen (secondary N) is 2. The van der Waals surface area contributed by atoms with Gasteiger partial charge in [0, 0.05) is 17.7 Å². The highest BCUT2D eigenvalue weighted by atomic mass is 35.5. The third-order valence-corrected chi connectivity index (χ3v) is 4.85. The van der Waals surface area contributed by atoms with Gasteiger partial charge in [0.2, 0.25) is 0 Å². The summed E-state index contributed by atoms with van der Waals surface area (Å²) in [7, 11) is 0. The van der Waals surface area contributed by atoms with Crippen LogP contribution in [0.15, 0.2) is 53.6 Å². The predicted octanol–water partition coefficient (Wildman–Crippen LogP) is 2.54. The molecule has 29 heavy (non-hydrogen) atoms. The number of fused-ring (bicyclic) bond motifs is 1. The fourth-order valence-electron chi connectivity index (χ4n) is 3.22. The van der Waals surface area contributed by atoms with Crippen LogP contribution in [0.1, 0.15) is 11.1 Å². The Hall–Kier alpha value is -4.05. The minimum absolute atomic E-state index is 0.0419. The lowest BCUT2D eigenvalue weighted by Gasteiger charge is -2.08. The van der Waals surface area contributed by atoms with E-state index in [-0.39, 0.29) is 28.1 Å². The summed E-state index contributed by atoms with van der Waals surface area (Å²) in [6.45, 7) is 0. The van der Waals surface area contributed by atoms with Crippen molar-refractivity contribution in [1.82, 2.24) is 10.6 Å². The first-order valence-corrected chi connectivity index (χ1v) is 8.47. The first-order chi connectivity index (χ1) is 13.8. The molecule has 2 amide bonds. The van der Waals surface area contributed by atoms with Gasteiger partial charge >= 0.3 is 0 Å². The summed E-state index contributed by atoms with van der Waals surface area (Å²) in [5, 5.41) is 27.0. The molecule has 0 bridgehead atoms. The van der Waals surface area contributed by atoms with Crippen LogP contribution in [0.4, 0.5) is 11.4 Å². The summed E-state index contributed by atoms with van der Waals surface area (Å²) < 4.78 is 0. The second-order valence-corrected chi connectivity index (χ2v) is 6.49. The van der Waals surface area contributed by atoms with Gasteiger partial charge in [-0.2, -0.15) is 0 Å². The smallest absolute Gasteiger partial charge is 0.295 e. The number of nitro groups is 2. The molecule has 0 aromatic heterocycles. The molecule has 2 aromatic rings. The Labute approximate surface area is 166 Å². The van der Waals surface area contributed by atoms with Crippen LogP contribution in [0, 0.1) is 20.2 Å². The zero-order valence-corrected chi connectivity index (χ0v) is 15.0. The molecule has 0 atom stereocenters. The second-order valence-electron chi connectivity index (χ2n) is 6.12. The summed E-state index contributed by atoms with van der Waals surface area (Å²) >= 11 is 5.77. The molecule has 2 aliphatic rings. The average Bonchev–Trinajstić information content (AvgIpc) is 3.21. The number of carbonyl (C=O) groups excluding carboxylic acids is 2. The minimum Gasteiger partial charge on any atom is -0.321 e. The Morgan fingerprint density at radius 3 is 1.66 bits per heavy atom. The Kier molecular flexibility index (Phi) is 4.13. The molecule has 4 rings (SSSR count). The lowest BCUT2D eigenvalue weighted by atomic mass is 10.0. The molecule has 0 aliphatic carbocycles. The van der Waals surface area contributed by atoms with Gasteiger partial charge in [0.15, 0.2) is 5.02 Å². The first kappa shape index (κ1) is 18.3. The summed E-state index contributed by atoms with van der Waals surface area (Å²) in [4.78, 5) is 45.9. The molecule has 2 N–H and O–H groups in total. The summed E-state index contributed by atoms with van der Waals surface area (Å²) in [6.07, 6.45) is 0. The van der Waals surface area contributed by atoms with Crippen molar-refractivity contribution in [3.8, 4) is 0 Å². The standard InChI is InChI=1S/C18H9ClN4O6/c19-14-10(22(26)27)6-9(7-11(14)23(28)29)16-13-12(17(24)21-16)15(20-18(13)25)8-4-2-1-3-5-8/h1-7H,(H,20,25)(H,21,24). The molecule has 2 aliphatic heterocycles. The molecule has 2 aromatic carbocycles. The van der Waals surface area contributed by atoms with E-state index in [1.165, 1.54) is 0 Å². The highest BCUT2D eigenvalue weighted by Gasteiger charge is 2.41. The molecule has 10 nitrogen and oxygen atoms in total. The van der Waals surface area contributed by atoms with Crippen LogP contribution in [0.2, 0.25) is 5.02 Å². The maximum absolute atomic E-state index is 12.6. The van der Waals surface area contributed by atoms with Crippen molar-refractivity contribution >= 4 is 46.2 Å². The van der Waals surface area contributed by atoms with Crippen LogP contribution in [-0.4, -0.2) is 21.7 Å². The summed E-state index contributed by atoms with van der Waals surface area (Å²) in [5.41, 5.74) is -0.649. The lowest BCUT2D eigenvalue weighted by molar-refractivity contribution is -0.393. The van der Waals surface area contributed by atoms with E-state index in [9.17, 15) is 29.8 Å². The maximum atomic E-state index is 12.6. The van der Waals surface area contributed by atoms with Crippen LogP contribution in [-0.2, 0) is 9.59 Å². The molecule has 2 heterocycles. The number of rotatable bonds is 4. The average molecular weight is 413 g/mol. The largest absolute Gasteiger partial charge is 0.321 e. The summed E-state index contributed by atoms with van der Waals surface area (Å²) in [5.74, 6) is -1.21. The fraction of sp³-hybridized carbons (Fsp3) is 0. The van der Waals surface area contributed by atoms with Crippen LogP contribution < -0.4 is 10.6 Å². The quantitative estimate of drug-likeness (QED) is 0.583. The van der Waals surface area contributed by atoms with Crippen LogP contribution >= 0.6 is 11.6 Å². The van der Waals surface area contributed by atoms with Crippen LogP contribution in [0.25, 0.3) is 11.4 Å². The zero-order chi connectivity index (χ0) is 20.9. The van der Waals surface area contributed by atoms with Gasteiger partial charge in [-0.3, -0.25) is 29.8 Å². The minimum atomic E-state index is -0.873. The number of carbonyl (C=O) groups is 2. The number of halogens is 1. The maximum Gasteiger partial charge on any atom is 0.295 e. The number of hydrogen-bond acceptors (Lipinski definition) is 6. The van der Waals surface area contributed by atoms with Crippen molar-refractivity contribution < 1.29 is 19.4 Å². The highest BCUT2D eigenvalue weighted by molar-refractivity contribution is 6.35. The molecular formula is C18H9ClN4O6. The van der Waals surface area contributed by atoms with Crippen molar-refractivity contribution in [3.63, 3.8) is 0 Å². The van der Waals surface area contributed by atoms with E-state index in [1.54, 1.807) is 30.3 Å². The van der Waals surface area contributed by atoms with E-state index in [0.717, 1.165) is 12.1 Å². The predicted molar refractivity (Wildman–Crippen MR) is 101 cm³/mol. The van der Waals surface area contributed by atoms with Gasteiger partial charge in [0.05, 0.1) is 32.4 Å². The lowest BCUT2D eigenvalue weighted by Crippen LogP contribution is -2.21. The van der Waals surface area contributed by atoms with E-state index in [4.69, 9.17) is 11.6 Å². The Morgan fingerprint density at radius 1 is 0.759 bits per heavy atom. The van der Waals surface area contributed by atoms with E-state index >= 15 is 0 Å². The van der Waals surface area contributed by atoms with Gasteiger partial charge in [-0.05, 0) is 5.56 Å². The van der Waals surface area contributed by atoms with Gasteiger partial charge in [-0.25, -0.2) is 0 Å². The molecule has 0 saturated heterocycles. The van der Waals surface area contributed by atoms with E-state index in [2.05, 4.69) is 10.6 Å². The Balaban J connectivity index is 1.96. The van der Waals surface area contributed by atoms with Gasteiger partial charge in [-0.15, -0.1) is 0 Å². The zero-order valence-electron chi connectivity index (χ0n) is 14.3. The molecule has 144 valence electrons. The van der Waals surface area contributed by atoms with Crippen molar-refractivity contribution in [2.45, 2.75) is 0 Å². The number of nitrogens with zero attached hydrogens (tertiary/aromatic N) is 2. The SMILES string of the molecule is O=C1NC(c2cc([N+](=O)[O-])c(Cl)c([N+](=O)[O-])c2)=C2C(=O)NC(c3ccccc3)=C12. The summed E-state index contributed by atoms with van der Waals surface area (Å²) in [6, 6.07) is 10.6. The third kappa shape index (κ3) is 2.82. The Morgan fingerprint density at radius 2 is 1.21 bits per heavy atom. The van der Waals surface area contributed by atoms with Crippen LogP contribution in [0.3, 0.4) is 0 Å². The van der Waals surface area contributed by atoms with Gasteiger partial charge in [0.25, 0.3) is 23.2 Å². The third-order valence-electron chi connectivity index (χ3n) is 4.46. The monoisotopic (exact) mass is 412 g/mol. The molecular weight excluding hydrogens is 404 g/mol. The molecule has 11 heteroatoms. The molecule has 0 radical (unpaired) electrons. The number of benzene rings is 2. The van der Waals surface area contributed by atoms with Gasteiger partial charge in [-0.1, -0.05) is 41.9 Å². The van der Waals surface area contributed by atoms with E-state index in [1.807, 2.05) is 0 Å². The Bertz CT molecular complexity index is 1170. The number of amides is 2. The van der Waals surface area contributed by atoms with Gasteiger partial charge in [0.1, 0.15) is 0 Å². The van der Waals surface area contributed by atoms with Crippen molar-refractivity contribution in [2.24, 2.45) is 0 Å². The van der Waals surface area contributed by atoms with Crippen LogP contribution in [0.5, 0.6) is 0 Å². The number of hydrogen-bond donors (Lipinski definition) is 2. The molecule has 0 unspecified atom stereocenters. The topological polar surface area (TPSA) is 144 Å². The molecule has 0 saturated carbocycles. The van der Waals surface area contributed by atoms with Gasteiger partial charge < -0.3 is 10.6 Å². The van der Waals surface area contributed by atoms with Crippen molar-refractivity contribution in [2.75, 3.05) is 0 Å².